The fourth-order valence-electron chi connectivity index (χ4n) is 2.11. The van der Waals surface area contributed by atoms with E-state index in [0.717, 1.165) is 15.9 Å². The highest BCUT2D eigenvalue weighted by Gasteiger charge is 2.04. The van der Waals surface area contributed by atoms with Crippen molar-refractivity contribution >= 4 is 28.4 Å². The predicted molar refractivity (Wildman–Crippen MR) is 84.5 cm³/mol. The zero-order chi connectivity index (χ0) is 15.1. The number of halogens is 1. The summed E-state index contributed by atoms with van der Waals surface area (Å²) in [7, 11) is 1.61. The van der Waals surface area contributed by atoms with Gasteiger partial charge in [0.2, 0.25) is 5.91 Å². The minimum absolute atomic E-state index is 0.0326. The van der Waals surface area contributed by atoms with Crippen molar-refractivity contribution in [2.45, 2.75) is 13.0 Å². The minimum Gasteiger partial charge on any atom is -0.383 e. The summed E-state index contributed by atoms with van der Waals surface area (Å²) in [5.74, 6) is 0.0326. The monoisotopic (exact) mass is 309 g/mol. The number of hydrogen-bond donors (Lipinski definition) is 3. The molecule has 0 saturated carbocycles. The Morgan fingerprint density at radius 1 is 1.38 bits per heavy atom. The van der Waals surface area contributed by atoms with E-state index in [-0.39, 0.29) is 5.91 Å². The molecule has 0 aliphatic heterocycles. The smallest absolute Gasteiger partial charge is 0.221 e. The normalized spacial score (nSPS) is 11.0. The number of hydrogen-bond acceptors (Lipinski definition) is 3. The van der Waals surface area contributed by atoms with Gasteiger partial charge in [-0.2, -0.15) is 0 Å². The number of H-pyrrole nitrogens is 1. The van der Waals surface area contributed by atoms with Crippen molar-refractivity contribution in [3.05, 3.63) is 35.0 Å². The van der Waals surface area contributed by atoms with Crippen LogP contribution in [0.1, 0.15) is 12.0 Å². The molecule has 0 atom stereocenters. The number of carbonyl (C=O) groups excluding carboxylic acids is 1. The maximum absolute atomic E-state index is 11.5. The Labute approximate surface area is 129 Å². The highest BCUT2D eigenvalue weighted by atomic mass is 35.5. The standard InChI is InChI=1S/C15H20ClN3O2/c1-21-7-6-18-15(20)4-5-17-9-11-10-19-14-8-12(16)2-3-13(11)14/h2-3,8,10,17,19H,4-7,9H2,1H3,(H,18,20). The molecule has 0 bridgehead atoms. The number of carbonyl (C=O) groups is 1. The van der Waals surface area contributed by atoms with Crippen LogP contribution in [0.4, 0.5) is 0 Å². The lowest BCUT2D eigenvalue weighted by Gasteiger charge is -2.06. The third-order valence-corrected chi connectivity index (χ3v) is 3.44. The van der Waals surface area contributed by atoms with Gasteiger partial charge in [-0.15, -0.1) is 0 Å². The number of aromatic amines is 1. The lowest BCUT2D eigenvalue weighted by atomic mass is 10.2. The first-order chi connectivity index (χ1) is 10.2. The van der Waals surface area contributed by atoms with Crippen molar-refractivity contribution in [2.75, 3.05) is 26.8 Å². The lowest BCUT2D eigenvalue weighted by Crippen LogP contribution is -2.29. The molecule has 1 amide bonds. The Balaban J connectivity index is 1.74. The molecule has 2 aromatic rings. The number of aromatic nitrogens is 1. The molecule has 1 aromatic carbocycles. The maximum atomic E-state index is 11.5. The average Bonchev–Trinajstić information content (AvgIpc) is 2.86. The predicted octanol–water partition coefficient (Wildman–Crippen LogP) is 2.06. The molecule has 0 fully saturated rings. The molecule has 3 N–H and O–H groups in total. The zero-order valence-electron chi connectivity index (χ0n) is 12.0. The topological polar surface area (TPSA) is 66.2 Å². The van der Waals surface area contributed by atoms with Crippen molar-refractivity contribution in [2.24, 2.45) is 0 Å². The summed E-state index contributed by atoms with van der Waals surface area (Å²) in [6, 6.07) is 5.79. The Hall–Kier alpha value is -1.56. The summed E-state index contributed by atoms with van der Waals surface area (Å²) in [5, 5.41) is 7.93. The summed E-state index contributed by atoms with van der Waals surface area (Å²) in [6.07, 6.45) is 2.42. The first-order valence-electron chi connectivity index (χ1n) is 6.92. The number of ether oxygens (including phenoxy) is 1. The van der Waals surface area contributed by atoms with Crippen LogP contribution in [0.25, 0.3) is 10.9 Å². The van der Waals surface area contributed by atoms with Crippen LogP contribution >= 0.6 is 11.6 Å². The van der Waals surface area contributed by atoms with Crippen molar-refractivity contribution < 1.29 is 9.53 Å². The fraction of sp³-hybridized carbons (Fsp3) is 0.400. The third kappa shape index (κ3) is 4.74. The second kappa shape index (κ2) is 8.02. The summed E-state index contributed by atoms with van der Waals surface area (Å²) < 4.78 is 4.87. The van der Waals surface area contributed by atoms with Crippen molar-refractivity contribution in [1.29, 1.82) is 0 Å². The van der Waals surface area contributed by atoms with Crippen molar-refractivity contribution in [3.63, 3.8) is 0 Å². The second-order valence-corrected chi connectivity index (χ2v) is 5.21. The molecule has 2 rings (SSSR count). The number of nitrogens with one attached hydrogen (secondary N) is 3. The SMILES string of the molecule is COCCNC(=O)CCNCc1c[nH]c2cc(Cl)ccc12. The highest BCUT2D eigenvalue weighted by Crippen LogP contribution is 2.21. The maximum Gasteiger partial charge on any atom is 0.221 e. The van der Waals surface area contributed by atoms with Gasteiger partial charge in [0.25, 0.3) is 0 Å². The molecule has 0 aliphatic carbocycles. The average molecular weight is 310 g/mol. The Bertz CT molecular complexity index is 598. The van der Waals surface area contributed by atoms with Crippen LogP contribution in [0.15, 0.2) is 24.4 Å². The minimum atomic E-state index is 0.0326. The Morgan fingerprint density at radius 3 is 3.05 bits per heavy atom. The van der Waals surface area contributed by atoms with Gasteiger partial charge in [0, 0.05) is 55.3 Å². The summed E-state index contributed by atoms with van der Waals surface area (Å²) in [6.45, 7) is 2.45. The van der Waals surface area contributed by atoms with E-state index in [1.165, 1.54) is 5.56 Å². The van der Waals surface area contributed by atoms with Gasteiger partial charge >= 0.3 is 0 Å². The van der Waals surface area contributed by atoms with Crippen molar-refractivity contribution in [1.82, 2.24) is 15.6 Å². The van der Waals surface area contributed by atoms with Crippen LogP contribution in [0.5, 0.6) is 0 Å². The first-order valence-corrected chi connectivity index (χ1v) is 7.30. The van der Waals surface area contributed by atoms with Crippen LogP contribution in [-0.4, -0.2) is 37.7 Å². The second-order valence-electron chi connectivity index (χ2n) is 4.77. The van der Waals surface area contributed by atoms with Crippen molar-refractivity contribution in [3.8, 4) is 0 Å². The summed E-state index contributed by atoms with van der Waals surface area (Å²) >= 11 is 5.95. The third-order valence-electron chi connectivity index (χ3n) is 3.20. The van der Waals surface area contributed by atoms with E-state index in [2.05, 4.69) is 15.6 Å². The number of fused-ring (bicyclic) bond motifs is 1. The van der Waals surface area contributed by atoms with Gasteiger partial charge < -0.3 is 20.4 Å². The van der Waals surface area contributed by atoms with Gasteiger partial charge in [0.05, 0.1) is 6.61 Å². The number of amides is 1. The molecule has 21 heavy (non-hydrogen) atoms. The van der Waals surface area contributed by atoms with Crippen LogP contribution < -0.4 is 10.6 Å². The molecule has 0 unspecified atom stereocenters. The lowest BCUT2D eigenvalue weighted by molar-refractivity contribution is -0.121. The molecule has 0 spiro atoms. The van der Waals surface area contributed by atoms with Gasteiger partial charge in [0.1, 0.15) is 0 Å². The molecule has 0 radical (unpaired) electrons. The largest absolute Gasteiger partial charge is 0.383 e. The highest BCUT2D eigenvalue weighted by molar-refractivity contribution is 6.31. The van der Waals surface area contributed by atoms with Crippen LogP contribution in [0, 0.1) is 0 Å². The fourth-order valence-corrected chi connectivity index (χ4v) is 2.28. The zero-order valence-corrected chi connectivity index (χ0v) is 12.8. The molecule has 1 heterocycles. The van der Waals surface area contributed by atoms with Crippen LogP contribution in [-0.2, 0) is 16.1 Å². The van der Waals surface area contributed by atoms with E-state index in [1.54, 1.807) is 7.11 Å². The van der Waals surface area contributed by atoms with Gasteiger partial charge in [-0.05, 0) is 17.7 Å². The van der Waals surface area contributed by atoms with Gasteiger partial charge in [0.15, 0.2) is 0 Å². The molecule has 5 nitrogen and oxygen atoms in total. The summed E-state index contributed by atoms with van der Waals surface area (Å²) in [4.78, 5) is 14.7. The van der Waals surface area contributed by atoms with E-state index in [9.17, 15) is 4.79 Å². The molecule has 6 heteroatoms. The van der Waals surface area contributed by atoms with E-state index in [4.69, 9.17) is 16.3 Å². The molecule has 0 aliphatic rings. The van der Waals surface area contributed by atoms with E-state index in [1.807, 2.05) is 24.4 Å². The van der Waals surface area contributed by atoms with Crippen LogP contribution in [0.2, 0.25) is 5.02 Å². The number of benzene rings is 1. The Kier molecular flexibility index (Phi) is 6.04. The number of rotatable bonds is 8. The Morgan fingerprint density at radius 2 is 2.24 bits per heavy atom. The first kappa shape index (κ1) is 15.8. The van der Waals surface area contributed by atoms with Gasteiger partial charge in [-0.1, -0.05) is 17.7 Å². The van der Waals surface area contributed by atoms with E-state index in [0.29, 0.717) is 32.7 Å². The van der Waals surface area contributed by atoms with E-state index < -0.39 is 0 Å². The van der Waals surface area contributed by atoms with E-state index >= 15 is 0 Å². The van der Waals surface area contributed by atoms with Crippen LogP contribution in [0.3, 0.4) is 0 Å². The summed E-state index contributed by atoms with van der Waals surface area (Å²) in [5.41, 5.74) is 2.19. The molecule has 1 aromatic heterocycles. The molecule has 0 saturated heterocycles. The van der Waals surface area contributed by atoms with Gasteiger partial charge in [-0.25, -0.2) is 0 Å². The molecular weight excluding hydrogens is 290 g/mol. The molecule has 114 valence electrons. The quantitative estimate of drug-likeness (QED) is 0.654. The van der Waals surface area contributed by atoms with Gasteiger partial charge in [-0.3, -0.25) is 4.79 Å². The number of methoxy groups -OCH3 is 1. The molecular formula is C15H20ClN3O2.